The maximum absolute atomic E-state index is 13.7. The van der Waals surface area contributed by atoms with Crippen molar-refractivity contribution in [3.8, 4) is 11.4 Å². The summed E-state index contributed by atoms with van der Waals surface area (Å²) < 4.78 is 19.6. The molecule has 0 saturated heterocycles. The maximum atomic E-state index is 13.7. The smallest absolute Gasteiger partial charge is 0.342 e. The fraction of sp³-hybridized carbons (Fsp3) is 0.0909. The summed E-state index contributed by atoms with van der Waals surface area (Å²) in [5.41, 5.74) is -0.0674. The van der Waals surface area contributed by atoms with Crippen LogP contribution in [0.1, 0.15) is 10.4 Å². The van der Waals surface area contributed by atoms with Gasteiger partial charge in [-0.25, -0.2) is 9.48 Å². The molecule has 0 saturated carbocycles. The standard InChI is InChI=1S/C11H9FN2O3/c1-17-8-4-2-3-7(5-8)14-10(12)9(6-13-14)11(15)16/h2-6H,1H3,(H,15,16). The van der Waals surface area contributed by atoms with Crippen molar-refractivity contribution in [3.63, 3.8) is 0 Å². The van der Waals surface area contributed by atoms with Crippen molar-refractivity contribution in [2.24, 2.45) is 0 Å². The molecule has 6 heteroatoms. The van der Waals surface area contributed by atoms with Crippen LogP contribution >= 0.6 is 0 Å². The van der Waals surface area contributed by atoms with E-state index in [-0.39, 0.29) is 0 Å². The molecule has 0 aliphatic rings. The molecule has 1 heterocycles. The van der Waals surface area contributed by atoms with Crippen molar-refractivity contribution >= 4 is 5.97 Å². The molecule has 0 unspecified atom stereocenters. The molecular formula is C11H9FN2O3. The molecule has 2 rings (SSSR count). The Morgan fingerprint density at radius 2 is 2.29 bits per heavy atom. The first-order valence-electron chi connectivity index (χ1n) is 4.74. The molecule has 0 amide bonds. The van der Waals surface area contributed by atoms with E-state index in [1.807, 2.05) is 0 Å². The van der Waals surface area contributed by atoms with E-state index in [4.69, 9.17) is 9.84 Å². The van der Waals surface area contributed by atoms with Gasteiger partial charge in [0.15, 0.2) is 0 Å². The topological polar surface area (TPSA) is 64.4 Å². The minimum atomic E-state index is -1.35. The number of benzene rings is 1. The molecule has 5 nitrogen and oxygen atoms in total. The lowest BCUT2D eigenvalue weighted by molar-refractivity contribution is 0.0691. The number of rotatable bonds is 3. The Morgan fingerprint density at radius 3 is 2.88 bits per heavy atom. The van der Waals surface area contributed by atoms with Gasteiger partial charge in [0.05, 0.1) is 19.0 Å². The Balaban J connectivity index is 2.49. The van der Waals surface area contributed by atoms with Crippen LogP contribution in [-0.4, -0.2) is 28.0 Å². The zero-order chi connectivity index (χ0) is 12.4. The highest BCUT2D eigenvalue weighted by Gasteiger charge is 2.17. The summed E-state index contributed by atoms with van der Waals surface area (Å²) in [6.45, 7) is 0. The molecule has 0 aliphatic carbocycles. The van der Waals surface area contributed by atoms with E-state index in [0.717, 1.165) is 10.9 Å². The second kappa shape index (κ2) is 4.25. The number of carboxylic acid groups (broad SMARTS) is 1. The maximum Gasteiger partial charge on any atom is 0.342 e. The largest absolute Gasteiger partial charge is 0.497 e. The van der Waals surface area contributed by atoms with Crippen LogP contribution in [0.3, 0.4) is 0 Å². The van der Waals surface area contributed by atoms with Crippen LogP contribution in [0.25, 0.3) is 5.69 Å². The van der Waals surface area contributed by atoms with E-state index in [0.29, 0.717) is 11.4 Å². The normalized spacial score (nSPS) is 10.2. The molecule has 0 bridgehead atoms. The summed E-state index contributed by atoms with van der Waals surface area (Å²) >= 11 is 0. The first kappa shape index (κ1) is 11.1. The Morgan fingerprint density at radius 1 is 1.53 bits per heavy atom. The SMILES string of the molecule is COc1cccc(-n2ncc(C(=O)O)c2F)c1. The van der Waals surface area contributed by atoms with Crippen LogP contribution in [0.2, 0.25) is 0 Å². The average Bonchev–Trinajstić information content (AvgIpc) is 2.71. The second-order valence-electron chi connectivity index (χ2n) is 3.27. The summed E-state index contributed by atoms with van der Waals surface area (Å²) in [5, 5.41) is 12.4. The van der Waals surface area contributed by atoms with Crippen molar-refractivity contribution in [2.75, 3.05) is 7.11 Å². The summed E-state index contributed by atoms with van der Waals surface area (Å²) in [5.74, 6) is -1.73. The van der Waals surface area contributed by atoms with Crippen LogP contribution < -0.4 is 4.74 Å². The Hall–Kier alpha value is -2.37. The van der Waals surface area contributed by atoms with Crippen LogP contribution in [0, 0.1) is 5.95 Å². The molecule has 1 aromatic carbocycles. The van der Waals surface area contributed by atoms with E-state index >= 15 is 0 Å². The van der Waals surface area contributed by atoms with Gasteiger partial charge in [0.2, 0.25) is 5.95 Å². The van der Waals surface area contributed by atoms with Crippen molar-refractivity contribution < 1.29 is 19.0 Å². The Labute approximate surface area is 96.1 Å². The van der Waals surface area contributed by atoms with Gasteiger partial charge in [0.25, 0.3) is 0 Å². The molecule has 1 aromatic heterocycles. The highest BCUT2D eigenvalue weighted by molar-refractivity contribution is 5.87. The molecular weight excluding hydrogens is 227 g/mol. The number of nitrogens with zero attached hydrogens (tertiary/aromatic N) is 2. The third-order valence-electron chi connectivity index (χ3n) is 2.24. The van der Waals surface area contributed by atoms with Gasteiger partial charge in [-0.1, -0.05) is 6.07 Å². The van der Waals surface area contributed by atoms with Gasteiger partial charge >= 0.3 is 5.97 Å². The first-order chi connectivity index (χ1) is 8.13. The number of carbonyl (C=O) groups is 1. The zero-order valence-electron chi connectivity index (χ0n) is 8.92. The van der Waals surface area contributed by atoms with E-state index in [1.54, 1.807) is 24.3 Å². The lowest BCUT2D eigenvalue weighted by Crippen LogP contribution is -2.03. The highest BCUT2D eigenvalue weighted by atomic mass is 19.1. The lowest BCUT2D eigenvalue weighted by Gasteiger charge is -2.04. The van der Waals surface area contributed by atoms with E-state index in [2.05, 4.69) is 5.10 Å². The van der Waals surface area contributed by atoms with Gasteiger partial charge in [0.1, 0.15) is 11.3 Å². The van der Waals surface area contributed by atoms with Crippen LogP contribution in [-0.2, 0) is 0 Å². The monoisotopic (exact) mass is 236 g/mol. The number of carboxylic acids is 1. The number of methoxy groups -OCH3 is 1. The second-order valence-corrected chi connectivity index (χ2v) is 3.27. The summed E-state index contributed by atoms with van der Waals surface area (Å²) in [7, 11) is 1.49. The van der Waals surface area contributed by atoms with Crippen molar-refractivity contribution in [1.82, 2.24) is 9.78 Å². The van der Waals surface area contributed by atoms with Gasteiger partial charge in [-0.15, -0.1) is 0 Å². The lowest BCUT2D eigenvalue weighted by atomic mass is 10.3. The summed E-state index contributed by atoms with van der Waals surface area (Å²) in [4.78, 5) is 10.7. The van der Waals surface area contributed by atoms with Crippen LogP contribution in [0.4, 0.5) is 4.39 Å². The molecule has 88 valence electrons. The van der Waals surface area contributed by atoms with Crippen LogP contribution in [0.15, 0.2) is 30.5 Å². The van der Waals surface area contributed by atoms with E-state index in [1.165, 1.54) is 7.11 Å². The predicted molar refractivity (Wildman–Crippen MR) is 57.0 cm³/mol. The van der Waals surface area contributed by atoms with Gasteiger partial charge in [-0.05, 0) is 12.1 Å². The molecule has 0 aliphatic heterocycles. The van der Waals surface area contributed by atoms with Gasteiger partial charge < -0.3 is 9.84 Å². The number of ether oxygens (including phenoxy) is 1. The number of aromatic carboxylic acids is 1. The zero-order valence-corrected chi connectivity index (χ0v) is 8.92. The number of hydrogen-bond donors (Lipinski definition) is 1. The van der Waals surface area contributed by atoms with Crippen LogP contribution in [0.5, 0.6) is 5.75 Å². The minimum Gasteiger partial charge on any atom is -0.497 e. The van der Waals surface area contributed by atoms with Crippen molar-refractivity contribution in [2.45, 2.75) is 0 Å². The number of aromatic nitrogens is 2. The van der Waals surface area contributed by atoms with E-state index in [9.17, 15) is 9.18 Å². The first-order valence-corrected chi connectivity index (χ1v) is 4.74. The fourth-order valence-electron chi connectivity index (χ4n) is 1.40. The van der Waals surface area contributed by atoms with Crippen molar-refractivity contribution in [3.05, 3.63) is 42.0 Å². The predicted octanol–water partition coefficient (Wildman–Crippen LogP) is 1.72. The third kappa shape index (κ3) is 1.96. The quantitative estimate of drug-likeness (QED) is 0.881. The number of hydrogen-bond acceptors (Lipinski definition) is 3. The Kier molecular flexibility index (Phi) is 2.78. The summed E-state index contributed by atoms with van der Waals surface area (Å²) in [6, 6.07) is 6.52. The van der Waals surface area contributed by atoms with Crippen molar-refractivity contribution in [1.29, 1.82) is 0 Å². The molecule has 1 N–H and O–H groups in total. The highest BCUT2D eigenvalue weighted by Crippen LogP contribution is 2.18. The molecule has 0 spiro atoms. The minimum absolute atomic E-state index is 0.398. The molecule has 0 radical (unpaired) electrons. The molecule has 17 heavy (non-hydrogen) atoms. The Bertz CT molecular complexity index is 566. The third-order valence-corrected chi connectivity index (χ3v) is 2.24. The fourth-order valence-corrected chi connectivity index (χ4v) is 1.40. The summed E-state index contributed by atoms with van der Waals surface area (Å²) in [6.07, 6.45) is 0.969. The van der Waals surface area contributed by atoms with Gasteiger partial charge in [-0.2, -0.15) is 9.49 Å². The van der Waals surface area contributed by atoms with E-state index < -0.39 is 17.5 Å². The molecule has 0 fully saturated rings. The number of halogens is 1. The molecule has 2 aromatic rings. The van der Waals surface area contributed by atoms with Gasteiger partial charge in [0, 0.05) is 6.07 Å². The molecule has 0 atom stereocenters. The average molecular weight is 236 g/mol. The van der Waals surface area contributed by atoms with Gasteiger partial charge in [-0.3, -0.25) is 0 Å².